The van der Waals surface area contributed by atoms with E-state index in [9.17, 15) is 5.11 Å². The molecule has 1 atom stereocenters. The van der Waals surface area contributed by atoms with E-state index in [1.807, 2.05) is 39.8 Å². The van der Waals surface area contributed by atoms with Gasteiger partial charge in [0, 0.05) is 13.1 Å². The molecule has 1 aliphatic heterocycles. The molecule has 1 aromatic rings. The lowest BCUT2D eigenvalue weighted by molar-refractivity contribution is 0.0714. The molecule has 0 aliphatic carbocycles. The first-order valence-corrected chi connectivity index (χ1v) is 8.31. The summed E-state index contributed by atoms with van der Waals surface area (Å²) < 4.78 is 5.13. The zero-order valence-electron chi connectivity index (χ0n) is 14.4. The maximum atomic E-state index is 9.59. The number of methoxy groups -OCH3 is 1. The summed E-state index contributed by atoms with van der Waals surface area (Å²) in [4.78, 5) is 2.35. The highest BCUT2D eigenvalue weighted by Gasteiger charge is 2.16. The smallest absolute Gasteiger partial charge is 0.118 e. The van der Waals surface area contributed by atoms with E-state index < -0.39 is 0 Å². The molecule has 0 unspecified atom stereocenters. The highest BCUT2D eigenvalue weighted by atomic mass is 16.5. The highest BCUT2D eigenvalue weighted by Crippen LogP contribution is 2.14. The first kappa shape index (κ1) is 19.9. The van der Waals surface area contributed by atoms with Crippen molar-refractivity contribution in [2.75, 3.05) is 26.7 Å². The molecule has 3 nitrogen and oxygen atoms in total. The second-order valence-electron chi connectivity index (χ2n) is 4.69. The van der Waals surface area contributed by atoms with Crippen LogP contribution in [0.5, 0.6) is 5.75 Å². The second-order valence-corrected chi connectivity index (χ2v) is 4.69. The number of aliphatic hydroxyl groups excluding tert-OH is 1. The Morgan fingerprint density at radius 1 is 1.14 bits per heavy atom. The van der Waals surface area contributed by atoms with Gasteiger partial charge in [0.2, 0.25) is 0 Å². The maximum Gasteiger partial charge on any atom is 0.118 e. The van der Waals surface area contributed by atoms with Gasteiger partial charge >= 0.3 is 0 Å². The van der Waals surface area contributed by atoms with Crippen LogP contribution in [-0.4, -0.2) is 42.9 Å². The summed E-state index contributed by atoms with van der Waals surface area (Å²) >= 11 is 0. The van der Waals surface area contributed by atoms with Crippen LogP contribution in [0.1, 0.15) is 46.1 Å². The molecule has 1 N–H and O–H groups in total. The summed E-state index contributed by atoms with van der Waals surface area (Å²) in [5.41, 5.74) is 1.32. The molecule has 0 amide bonds. The third-order valence-electron chi connectivity index (χ3n) is 3.36. The zero-order chi connectivity index (χ0) is 16.1. The topological polar surface area (TPSA) is 32.7 Å². The second kappa shape index (κ2) is 12.7. The lowest BCUT2D eigenvalue weighted by atomic mass is 10.1. The van der Waals surface area contributed by atoms with Crippen LogP contribution in [0.3, 0.4) is 0 Å². The lowest BCUT2D eigenvalue weighted by Crippen LogP contribution is -2.39. The van der Waals surface area contributed by atoms with Gasteiger partial charge < -0.3 is 14.7 Å². The fourth-order valence-electron chi connectivity index (χ4n) is 2.31. The van der Waals surface area contributed by atoms with E-state index in [4.69, 9.17) is 4.74 Å². The highest BCUT2D eigenvalue weighted by molar-refractivity contribution is 5.27. The lowest BCUT2D eigenvalue weighted by Gasteiger charge is -2.29. The van der Waals surface area contributed by atoms with Gasteiger partial charge in [-0.1, -0.05) is 39.8 Å². The van der Waals surface area contributed by atoms with Gasteiger partial charge in [0.05, 0.1) is 13.2 Å². The Morgan fingerprint density at radius 3 is 2.29 bits per heavy atom. The Bertz CT molecular complexity index is 338. The summed E-state index contributed by atoms with van der Waals surface area (Å²) in [5, 5.41) is 9.59. The maximum absolute atomic E-state index is 9.59. The Hall–Kier alpha value is -1.06. The van der Waals surface area contributed by atoms with Crippen LogP contribution < -0.4 is 4.74 Å². The van der Waals surface area contributed by atoms with E-state index in [0.29, 0.717) is 0 Å². The average Bonchev–Trinajstić information content (AvgIpc) is 2.57. The fourth-order valence-corrected chi connectivity index (χ4v) is 2.31. The van der Waals surface area contributed by atoms with Gasteiger partial charge in [-0.15, -0.1) is 0 Å². The number of benzene rings is 1. The Kier molecular flexibility index (Phi) is 12.0. The van der Waals surface area contributed by atoms with Gasteiger partial charge in [-0.3, -0.25) is 0 Å². The monoisotopic (exact) mass is 295 g/mol. The molecule has 21 heavy (non-hydrogen) atoms. The normalized spacial score (nSPS) is 17.9. The van der Waals surface area contributed by atoms with Crippen LogP contribution in [0, 0.1) is 0 Å². The van der Waals surface area contributed by atoms with Crippen molar-refractivity contribution in [3.63, 3.8) is 0 Å². The number of likely N-dealkylation sites (tertiary alicyclic amines) is 1. The number of ether oxygens (including phenoxy) is 1. The summed E-state index contributed by atoms with van der Waals surface area (Å²) in [6, 6.07) is 8.22. The molecule has 0 saturated carbocycles. The van der Waals surface area contributed by atoms with Crippen molar-refractivity contribution in [2.45, 2.75) is 53.1 Å². The molecular weight excluding hydrogens is 262 g/mol. The summed E-state index contributed by atoms with van der Waals surface area (Å²) in [6.07, 6.45) is 2.99. The van der Waals surface area contributed by atoms with Gasteiger partial charge in [-0.05, 0) is 43.5 Å². The number of hydrogen-bond donors (Lipinski definition) is 1. The van der Waals surface area contributed by atoms with E-state index in [0.717, 1.165) is 44.6 Å². The molecule has 3 heteroatoms. The molecule has 0 spiro atoms. The Morgan fingerprint density at radius 2 is 1.76 bits per heavy atom. The van der Waals surface area contributed by atoms with Crippen LogP contribution in [0.2, 0.25) is 0 Å². The number of hydrogen-bond acceptors (Lipinski definition) is 3. The summed E-state index contributed by atoms with van der Waals surface area (Å²) in [5.74, 6) is 0.905. The van der Waals surface area contributed by atoms with Crippen molar-refractivity contribution in [2.24, 2.45) is 0 Å². The SMILES string of the molecule is CC.CC.COc1ccc(CCN2CCC[C@H](O)C2)cc1. The number of aliphatic hydroxyl groups is 1. The predicted molar refractivity (Wildman–Crippen MR) is 91.1 cm³/mol. The largest absolute Gasteiger partial charge is 0.497 e. The van der Waals surface area contributed by atoms with Gasteiger partial charge in [-0.2, -0.15) is 0 Å². The van der Waals surface area contributed by atoms with E-state index >= 15 is 0 Å². The van der Waals surface area contributed by atoms with Gasteiger partial charge in [0.1, 0.15) is 5.75 Å². The molecule has 122 valence electrons. The summed E-state index contributed by atoms with van der Waals surface area (Å²) in [7, 11) is 1.68. The third-order valence-corrected chi connectivity index (χ3v) is 3.36. The Balaban J connectivity index is 0.000000921. The average molecular weight is 295 g/mol. The van der Waals surface area contributed by atoms with E-state index in [2.05, 4.69) is 17.0 Å². The minimum absolute atomic E-state index is 0.125. The first-order chi connectivity index (χ1) is 10.3. The molecule has 1 aromatic carbocycles. The molecule has 1 saturated heterocycles. The van der Waals surface area contributed by atoms with Gasteiger partial charge in [0.15, 0.2) is 0 Å². The summed E-state index contributed by atoms with van der Waals surface area (Å²) in [6.45, 7) is 11.0. The first-order valence-electron chi connectivity index (χ1n) is 8.31. The number of piperidine rings is 1. The quantitative estimate of drug-likeness (QED) is 0.918. The van der Waals surface area contributed by atoms with Crippen LogP contribution in [0.15, 0.2) is 24.3 Å². The van der Waals surface area contributed by atoms with Crippen LogP contribution in [-0.2, 0) is 6.42 Å². The van der Waals surface area contributed by atoms with Crippen molar-refractivity contribution in [3.05, 3.63) is 29.8 Å². The standard InChI is InChI=1S/C14H21NO2.2C2H6/c1-17-14-6-4-12(5-7-14)8-10-15-9-2-3-13(16)11-15;2*1-2/h4-7,13,16H,2-3,8-11H2,1H3;2*1-2H3/t13-;;/m0../s1. The minimum atomic E-state index is -0.125. The van der Waals surface area contributed by atoms with Crippen molar-refractivity contribution in [1.29, 1.82) is 0 Å². The van der Waals surface area contributed by atoms with E-state index in [1.165, 1.54) is 5.56 Å². The Labute approximate surface area is 130 Å². The molecular formula is C18H33NO2. The predicted octanol–water partition coefficient (Wildman–Crippen LogP) is 3.75. The van der Waals surface area contributed by atoms with Gasteiger partial charge in [0.25, 0.3) is 0 Å². The molecule has 1 heterocycles. The van der Waals surface area contributed by atoms with Crippen LogP contribution >= 0.6 is 0 Å². The van der Waals surface area contributed by atoms with Crippen molar-refractivity contribution < 1.29 is 9.84 Å². The number of β-amino-alcohol motifs (C(OH)–C–C–N with tert-alkyl or cyclic N) is 1. The zero-order valence-corrected chi connectivity index (χ0v) is 14.4. The van der Waals surface area contributed by atoms with Crippen molar-refractivity contribution in [1.82, 2.24) is 4.90 Å². The number of rotatable bonds is 4. The van der Waals surface area contributed by atoms with Crippen LogP contribution in [0.4, 0.5) is 0 Å². The molecule has 0 aromatic heterocycles. The molecule has 1 aliphatic rings. The molecule has 0 bridgehead atoms. The fraction of sp³-hybridized carbons (Fsp3) is 0.667. The van der Waals surface area contributed by atoms with Crippen LogP contribution in [0.25, 0.3) is 0 Å². The van der Waals surface area contributed by atoms with E-state index in [1.54, 1.807) is 7.11 Å². The number of nitrogens with zero attached hydrogens (tertiary/aromatic N) is 1. The molecule has 1 fully saturated rings. The van der Waals surface area contributed by atoms with E-state index in [-0.39, 0.29) is 6.10 Å². The van der Waals surface area contributed by atoms with Gasteiger partial charge in [-0.25, -0.2) is 0 Å². The molecule has 2 rings (SSSR count). The van der Waals surface area contributed by atoms with Crippen molar-refractivity contribution in [3.8, 4) is 5.75 Å². The third kappa shape index (κ3) is 8.08. The molecule has 0 radical (unpaired) electrons. The minimum Gasteiger partial charge on any atom is -0.497 e. The van der Waals surface area contributed by atoms with Crippen molar-refractivity contribution >= 4 is 0 Å².